The van der Waals surface area contributed by atoms with Crippen LogP contribution in [0.4, 0.5) is 0 Å². The van der Waals surface area contributed by atoms with Crippen LogP contribution in [0.2, 0.25) is 0 Å². The van der Waals surface area contributed by atoms with Crippen LogP contribution < -0.4 is 0 Å². The molecule has 2 heterocycles. The smallest absolute Gasteiger partial charge is 0.177 e. The molecule has 3 unspecified atom stereocenters. The fourth-order valence-electron chi connectivity index (χ4n) is 1.71. The van der Waals surface area contributed by atoms with E-state index in [9.17, 15) is 4.21 Å². The van der Waals surface area contributed by atoms with E-state index < -0.39 is 16.6 Å². The maximum Gasteiger partial charge on any atom is 0.177 e. The Morgan fingerprint density at radius 1 is 1.36 bits per heavy atom. The standard InChI is InChI=1S/C7H12O3S/c1-6-3-9-7(2,10-6)5-11(8)4-6/h3-5H2,1-2H3. The van der Waals surface area contributed by atoms with Crippen LogP contribution in [0.1, 0.15) is 13.8 Å². The Kier molecular flexibility index (Phi) is 1.44. The topological polar surface area (TPSA) is 35.5 Å². The Balaban J connectivity index is 2.28. The average Bonchev–Trinajstić information content (AvgIpc) is 2.01. The van der Waals surface area contributed by atoms with Gasteiger partial charge in [0.1, 0.15) is 5.60 Å². The maximum atomic E-state index is 11.3. The lowest BCUT2D eigenvalue weighted by molar-refractivity contribution is -0.154. The van der Waals surface area contributed by atoms with Gasteiger partial charge in [0.2, 0.25) is 0 Å². The van der Waals surface area contributed by atoms with Crippen molar-refractivity contribution < 1.29 is 13.7 Å². The first kappa shape index (κ1) is 7.71. The third-order valence-electron chi connectivity index (χ3n) is 2.03. The van der Waals surface area contributed by atoms with Crippen LogP contribution in [-0.2, 0) is 20.3 Å². The molecule has 0 aromatic carbocycles. The van der Waals surface area contributed by atoms with Crippen molar-refractivity contribution in [3.05, 3.63) is 0 Å². The zero-order valence-corrected chi connectivity index (χ0v) is 7.57. The van der Waals surface area contributed by atoms with Gasteiger partial charge < -0.3 is 9.47 Å². The van der Waals surface area contributed by atoms with Crippen molar-refractivity contribution >= 4 is 10.8 Å². The number of rotatable bonds is 0. The van der Waals surface area contributed by atoms with Gasteiger partial charge in [-0.2, -0.15) is 0 Å². The van der Waals surface area contributed by atoms with Crippen LogP contribution in [0, 0.1) is 0 Å². The monoisotopic (exact) mass is 176 g/mol. The molecule has 0 radical (unpaired) electrons. The van der Waals surface area contributed by atoms with Crippen molar-refractivity contribution in [1.82, 2.24) is 0 Å². The molecule has 11 heavy (non-hydrogen) atoms. The lowest BCUT2D eigenvalue weighted by Gasteiger charge is -2.32. The molecule has 4 heteroatoms. The summed E-state index contributed by atoms with van der Waals surface area (Å²) in [6.07, 6.45) is 0. The second-order valence-corrected chi connectivity index (χ2v) is 5.16. The highest BCUT2D eigenvalue weighted by Gasteiger charge is 2.51. The van der Waals surface area contributed by atoms with Gasteiger partial charge in [0.15, 0.2) is 5.79 Å². The molecule has 2 aliphatic rings. The fourth-order valence-corrected chi connectivity index (χ4v) is 3.36. The molecule has 0 spiro atoms. The minimum absolute atomic E-state index is 0.294. The molecule has 0 N–H and O–H groups in total. The van der Waals surface area contributed by atoms with Crippen molar-refractivity contribution in [3.63, 3.8) is 0 Å². The van der Waals surface area contributed by atoms with Gasteiger partial charge in [-0.3, -0.25) is 4.21 Å². The summed E-state index contributed by atoms with van der Waals surface area (Å²) in [6.45, 7) is 4.39. The molecule has 0 aliphatic carbocycles. The lowest BCUT2D eigenvalue weighted by Crippen LogP contribution is -2.46. The van der Waals surface area contributed by atoms with Gasteiger partial charge >= 0.3 is 0 Å². The van der Waals surface area contributed by atoms with Gasteiger partial charge in [-0.1, -0.05) is 0 Å². The van der Waals surface area contributed by atoms with Crippen LogP contribution in [0.5, 0.6) is 0 Å². The summed E-state index contributed by atoms with van der Waals surface area (Å²) in [6, 6.07) is 0. The third-order valence-corrected chi connectivity index (χ3v) is 3.81. The molecule has 0 amide bonds. The van der Waals surface area contributed by atoms with Gasteiger partial charge in [0, 0.05) is 10.8 Å². The molecule has 0 saturated carbocycles. The molecule has 64 valence electrons. The number of hydrogen-bond acceptors (Lipinski definition) is 3. The Hall–Kier alpha value is 0.0700. The Labute approximate surface area is 68.5 Å². The van der Waals surface area contributed by atoms with Gasteiger partial charge in [0.25, 0.3) is 0 Å². The number of ether oxygens (including phenoxy) is 2. The first-order valence-corrected chi connectivity index (χ1v) is 5.19. The largest absolute Gasteiger partial charge is 0.346 e. The molecule has 0 aromatic rings. The summed E-state index contributed by atoms with van der Waals surface area (Å²) in [4.78, 5) is 0. The van der Waals surface area contributed by atoms with Crippen LogP contribution >= 0.6 is 0 Å². The van der Waals surface area contributed by atoms with Crippen LogP contribution in [0.15, 0.2) is 0 Å². The molecule has 2 aliphatic heterocycles. The van der Waals surface area contributed by atoms with E-state index in [1.807, 2.05) is 13.8 Å². The highest BCUT2D eigenvalue weighted by molar-refractivity contribution is 7.85. The van der Waals surface area contributed by atoms with E-state index in [0.29, 0.717) is 18.1 Å². The highest BCUT2D eigenvalue weighted by atomic mass is 32.2. The molecule has 3 atom stereocenters. The van der Waals surface area contributed by atoms with Crippen LogP contribution in [0.3, 0.4) is 0 Å². The predicted molar refractivity (Wildman–Crippen MR) is 41.7 cm³/mol. The molecular weight excluding hydrogens is 164 g/mol. The molecule has 2 bridgehead atoms. The summed E-state index contributed by atoms with van der Waals surface area (Å²) in [5.41, 5.74) is -0.294. The van der Waals surface area contributed by atoms with Gasteiger partial charge in [-0.05, 0) is 13.8 Å². The van der Waals surface area contributed by atoms with Crippen molar-refractivity contribution in [2.75, 3.05) is 18.1 Å². The van der Waals surface area contributed by atoms with Gasteiger partial charge in [-0.25, -0.2) is 0 Å². The summed E-state index contributed by atoms with van der Waals surface area (Å²) >= 11 is 0. The van der Waals surface area contributed by atoms with Crippen LogP contribution in [0.25, 0.3) is 0 Å². The number of hydrogen-bond donors (Lipinski definition) is 0. The zero-order valence-electron chi connectivity index (χ0n) is 6.75. The third kappa shape index (κ3) is 1.23. The zero-order chi connectivity index (χ0) is 8.11. The van der Waals surface area contributed by atoms with Crippen molar-refractivity contribution in [1.29, 1.82) is 0 Å². The normalized spacial score (nSPS) is 56.4. The second-order valence-electron chi connectivity index (χ2n) is 3.70. The quantitative estimate of drug-likeness (QED) is 0.531. The Morgan fingerprint density at radius 3 is 2.73 bits per heavy atom. The SMILES string of the molecule is CC12COC(C)(CS(=O)C1)O2. The molecule has 3 nitrogen and oxygen atoms in total. The molecule has 2 rings (SSSR count). The van der Waals surface area contributed by atoms with E-state index >= 15 is 0 Å². The van der Waals surface area contributed by atoms with Crippen molar-refractivity contribution in [2.24, 2.45) is 0 Å². The Bertz CT molecular complexity index is 198. The summed E-state index contributed by atoms with van der Waals surface area (Å²) in [5.74, 6) is 0.559. The molecular formula is C7H12O3S. The van der Waals surface area contributed by atoms with Crippen LogP contribution in [-0.4, -0.2) is 33.7 Å². The summed E-state index contributed by atoms with van der Waals surface area (Å²) in [7, 11) is -0.767. The molecule has 2 fully saturated rings. The maximum absolute atomic E-state index is 11.3. The lowest BCUT2D eigenvalue weighted by atomic mass is 10.1. The summed E-state index contributed by atoms with van der Waals surface area (Å²) < 4.78 is 22.3. The van der Waals surface area contributed by atoms with E-state index in [0.717, 1.165) is 0 Å². The van der Waals surface area contributed by atoms with Gasteiger partial charge in [0.05, 0.1) is 18.1 Å². The number of fused-ring (bicyclic) bond motifs is 2. The average molecular weight is 176 g/mol. The van der Waals surface area contributed by atoms with Crippen molar-refractivity contribution in [2.45, 2.75) is 25.2 Å². The fraction of sp³-hybridized carbons (Fsp3) is 1.00. The van der Waals surface area contributed by atoms with E-state index in [-0.39, 0.29) is 5.60 Å². The van der Waals surface area contributed by atoms with E-state index in [1.165, 1.54) is 0 Å². The van der Waals surface area contributed by atoms with Gasteiger partial charge in [-0.15, -0.1) is 0 Å². The molecule has 0 aromatic heterocycles. The van der Waals surface area contributed by atoms with Crippen molar-refractivity contribution in [3.8, 4) is 0 Å². The highest BCUT2D eigenvalue weighted by Crippen LogP contribution is 2.36. The predicted octanol–water partition coefficient (Wildman–Crippen LogP) is 0.270. The van der Waals surface area contributed by atoms with E-state index in [4.69, 9.17) is 9.47 Å². The minimum Gasteiger partial charge on any atom is -0.346 e. The molecule has 2 saturated heterocycles. The van der Waals surface area contributed by atoms with E-state index in [2.05, 4.69) is 0 Å². The van der Waals surface area contributed by atoms with E-state index in [1.54, 1.807) is 0 Å². The first-order valence-electron chi connectivity index (χ1n) is 3.71. The second kappa shape index (κ2) is 2.06. The minimum atomic E-state index is -0.767. The summed E-state index contributed by atoms with van der Waals surface area (Å²) in [5, 5.41) is 0. The first-order chi connectivity index (χ1) is 5.02. The Morgan fingerprint density at radius 2 is 2.09 bits per heavy atom.